The molecular weight excluding hydrogens is 539 g/mol. The summed E-state index contributed by atoms with van der Waals surface area (Å²) in [5, 5.41) is 10.1. The Hall–Kier alpha value is -1.83. The molecule has 0 spiro atoms. The number of sulfonamides is 1. The van der Waals surface area contributed by atoms with Crippen LogP contribution in [-0.4, -0.2) is 91.8 Å². The van der Waals surface area contributed by atoms with Gasteiger partial charge in [0.25, 0.3) is 0 Å². The minimum atomic E-state index is -4.81. The van der Waals surface area contributed by atoms with E-state index in [0.29, 0.717) is 36.0 Å². The lowest BCUT2D eigenvalue weighted by Crippen LogP contribution is -2.58. The Labute approximate surface area is 226 Å². The molecule has 0 unspecified atom stereocenters. The number of halogens is 3. The first-order chi connectivity index (χ1) is 17.9. The van der Waals surface area contributed by atoms with Gasteiger partial charge in [0.2, 0.25) is 10.0 Å². The summed E-state index contributed by atoms with van der Waals surface area (Å²) < 4.78 is 74.4. The third-order valence-corrected chi connectivity index (χ3v) is 10.5. The van der Waals surface area contributed by atoms with Crippen LogP contribution in [-0.2, 0) is 20.4 Å². The fourth-order valence-corrected chi connectivity index (χ4v) is 7.86. The second kappa shape index (κ2) is 10.3. The van der Waals surface area contributed by atoms with Crippen molar-refractivity contribution in [3.63, 3.8) is 0 Å². The maximum absolute atomic E-state index is 13.5. The molecule has 0 bridgehead atoms. The van der Waals surface area contributed by atoms with Gasteiger partial charge in [-0.3, -0.25) is 4.90 Å². The summed E-state index contributed by atoms with van der Waals surface area (Å²) in [7, 11) is -3.79. The fourth-order valence-electron chi connectivity index (χ4n) is 5.79. The largest absolute Gasteiger partial charge is 0.421 e. The van der Waals surface area contributed by atoms with Gasteiger partial charge < -0.3 is 14.7 Å². The smallest absolute Gasteiger partial charge is 0.377 e. The van der Waals surface area contributed by atoms with E-state index in [1.54, 1.807) is 24.3 Å². The molecule has 0 aromatic heterocycles. The molecule has 7 nitrogen and oxygen atoms in total. The second-order valence-electron chi connectivity index (χ2n) is 10.6. The van der Waals surface area contributed by atoms with Crippen LogP contribution in [0.15, 0.2) is 47.4 Å². The fraction of sp³-hybridized carbons (Fsp3) is 0.577. The molecule has 3 aliphatic heterocycles. The average Bonchev–Trinajstić information content (AvgIpc) is 3.45. The molecule has 1 aromatic carbocycles. The van der Waals surface area contributed by atoms with Crippen molar-refractivity contribution in [3.8, 4) is 0 Å². The van der Waals surface area contributed by atoms with Gasteiger partial charge in [0.05, 0.1) is 17.1 Å². The number of nitrogens with zero attached hydrogens (tertiary/aromatic N) is 3. The molecule has 4 atom stereocenters. The summed E-state index contributed by atoms with van der Waals surface area (Å²) in [4.78, 5) is 4.90. The molecule has 5 rings (SSSR count). The van der Waals surface area contributed by atoms with Crippen LogP contribution in [0.1, 0.15) is 25.3 Å². The lowest BCUT2D eigenvalue weighted by atomic mass is 9.95. The Balaban J connectivity index is 1.39. The van der Waals surface area contributed by atoms with Crippen LogP contribution in [0.25, 0.3) is 0 Å². The first-order valence-electron chi connectivity index (χ1n) is 12.8. The Kier molecular flexibility index (Phi) is 7.51. The van der Waals surface area contributed by atoms with Gasteiger partial charge in [-0.1, -0.05) is 36.5 Å². The number of thiocarbonyl (C=S) groups is 1. The van der Waals surface area contributed by atoms with Crippen molar-refractivity contribution in [3.05, 3.63) is 53.0 Å². The number of fused-ring (bicyclic) bond motifs is 1. The van der Waals surface area contributed by atoms with Gasteiger partial charge in [-0.2, -0.15) is 17.5 Å². The standard InChI is InChI=1S/C26H32F3N3O4S2/c1-25(33,26(27,28)29)19-6-8-20(9-7-19)32-12-11-31(38(34,35)24-5-3-2-4-23(24)37)16-21(32)15-30-14-18-10-13-36-22(18)17-30/h2-3,5-9,18,21-22,33H,4,10-17H2,1H3/t18-,21+,22+,25-/m1/s1. The molecule has 38 heavy (non-hydrogen) atoms. The van der Waals surface area contributed by atoms with Gasteiger partial charge in [0.15, 0.2) is 5.60 Å². The number of ether oxygens (including phenoxy) is 1. The monoisotopic (exact) mass is 571 g/mol. The zero-order valence-corrected chi connectivity index (χ0v) is 22.7. The molecule has 0 radical (unpaired) electrons. The highest BCUT2D eigenvalue weighted by Crippen LogP contribution is 2.39. The predicted octanol–water partition coefficient (Wildman–Crippen LogP) is 3.21. The zero-order valence-electron chi connectivity index (χ0n) is 21.1. The SMILES string of the molecule is C[C@@](O)(c1ccc(N2CCN(S(=O)(=O)C3=CC=CCC3=S)C[C@@H]2CN2C[C@H]3CCO[C@H]3C2)cc1)C(F)(F)F. The zero-order chi connectivity index (χ0) is 27.3. The molecule has 1 aromatic rings. The van der Waals surface area contributed by atoms with E-state index < -0.39 is 21.8 Å². The number of aliphatic hydroxyl groups is 1. The van der Waals surface area contributed by atoms with Crippen molar-refractivity contribution >= 4 is 32.8 Å². The van der Waals surface area contributed by atoms with Crippen LogP contribution in [0.2, 0.25) is 0 Å². The van der Waals surface area contributed by atoms with Crippen molar-refractivity contribution in [2.24, 2.45) is 5.92 Å². The van der Waals surface area contributed by atoms with Crippen LogP contribution < -0.4 is 4.90 Å². The van der Waals surface area contributed by atoms with Crippen LogP contribution in [0.3, 0.4) is 0 Å². The van der Waals surface area contributed by atoms with Crippen LogP contribution in [0.4, 0.5) is 18.9 Å². The molecule has 4 aliphatic rings. The Bertz CT molecular complexity index is 1220. The summed E-state index contributed by atoms with van der Waals surface area (Å²) in [5.74, 6) is 0.465. The van der Waals surface area contributed by atoms with E-state index >= 15 is 0 Å². The molecule has 3 saturated heterocycles. The Morgan fingerprint density at radius 1 is 1.13 bits per heavy atom. The molecule has 3 heterocycles. The van der Waals surface area contributed by atoms with E-state index in [1.807, 2.05) is 6.08 Å². The topological polar surface area (TPSA) is 73.3 Å². The predicted molar refractivity (Wildman–Crippen MR) is 142 cm³/mol. The maximum atomic E-state index is 13.5. The number of piperazine rings is 1. The molecular formula is C26H32F3N3O4S2. The third kappa shape index (κ3) is 5.18. The number of anilines is 1. The van der Waals surface area contributed by atoms with Gasteiger partial charge in [-0.05, 0) is 37.1 Å². The summed E-state index contributed by atoms with van der Waals surface area (Å²) >= 11 is 5.35. The minimum absolute atomic E-state index is 0.157. The Morgan fingerprint density at radius 2 is 1.87 bits per heavy atom. The van der Waals surface area contributed by atoms with Crippen molar-refractivity contribution in [2.75, 3.05) is 50.8 Å². The second-order valence-corrected chi connectivity index (χ2v) is 13.0. The summed E-state index contributed by atoms with van der Waals surface area (Å²) in [6.07, 6.45) is 1.88. The maximum Gasteiger partial charge on any atom is 0.421 e. The molecule has 12 heteroatoms. The van der Waals surface area contributed by atoms with E-state index in [1.165, 1.54) is 16.4 Å². The van der Waals surface area contributed by atoms with Gasteiger partial charge in [-0.15, -0.1) is 0 Å². The molecule has 1 N–H and O–H groups in total. The number of benzene rings is 1. The quantitative estimate of drug-likeness (QED) is 0.526. The van der Waals surface area contributed by atoms with Crippen LogP contribution in [0, 0.1) is 5.92 Å². The number of alkyl halides is 3. The lowest BCUT2D eigenvalue weighted by molar-refractivity contribution is -0.258. The number of rotatable bonds is 6. The molecule has 1 aliphatic carbocycles. The average molecular weight is 572 g/mol. The number of likely N-dealkylation sites (tertiary alicyclic amines) is 1. The molecule has 3 fully saturated rings. The normalized spacial score (nSPS) is 28.9. The van der Waals surface area contributed by atoms with Crippen molar-refractivity contribution in [1.82, 2.24) is 9.21 Å². The van der Waals surface area contributed by atoms with Gasteiger partial charge in [0, 0.05) is 68.8 Å². The Morgan fingerprint density at radius 3 is 2.53 bits per heavy atom. The van der Waals surface area contributed by atoms with Crippen molar-refractivity contribution in [2.45, 2.75) is 43.7 Å². The third-order valence-electron chi connectivity index (χ3n) is 8.08. The highest BCUT2D eigenvalue weighted by molar-refractivity contribution is 7.96. The molecule has 208 valence electrons. The van der Waals surface area contributed by atoms with Gasteiger partial charge in [-0.25, -0.2) is 8.42 Å². The van der Waals surface area contributed by atoms with E-state index in [2.05, 4.69) is 9.80 Å². The van der Waals surface area contributed by atoms with Gasteiger partial charge in [0.1, 0.15) is 0 Å². The highest BCUT2D eigenvalue weighted by atomic mass is 32.2. The summed E-state index contributed by atoms with van der Waals surface area (Å²) in [5.41, 5.74) is -2.53. The number of hydrogen-bond acceptors (Lipinski definition) is 7. The summed E-state index contributed by atoms with van der Waals surface area (Å²) in [6, 6.07) is 5.47. The first-order valence-corrected chi connectivity index (χ1v) is 14.6. The van der Waals surface area contributed by atoms with Crippen LogP contribution >= 0.6 is 12.2 Å². The number of hydrogen-bond donors (Lipinski definition) is 1. The van der Waals surface area contributed by atoms with Crippen LogP contribution in [0.5, 0.6) is 0 Å². The van der Waals surface area contributed by atoms with Gasteiger partial charge >= 0.3 is 6.18 Å². The first kappa shape index (κ1) is 27.7. The van der Waals surface area contributed by atoms with Crippen molar-refractivity contribution < 1.29 is 31.4 Å². The molecule has 0 amide bonds. The van der Waals surface area contributed by atoms with E-state index in [-0.39, 0.29) is 35.7 Å². The molecule has 0 saturated carbocycles. The van der Waals surface area contributed by atoms with E-state index in [4.69, 9.17) is 17.0 Å². The van der Waals surface area contributed by atoms with E-state index in [0.717, 1.165) is 33.0 Å². The van der Waals surface area contributed by atoms with E-state index in [9.17, 15) is 26.7 Å². The minimum Gasteiger partial charge on any atom is -0.377 e. The highest BCUT2D eigenvalue weighted by Gasteiger charge is 2.51. The lowest BCUT2D eigenvalue weighted by Gasteiger charge is -2.44. The summed E-state index contributed by atoms with van der Waals surface area (Å²) in [6.45, 7) is 4.55. The number of allylic oxidation sites excluding steroid dienone is 4. The van der Waals surface area contributed by atoms with Crippen molar-refractivity contribution in [1.29, 1.82) is 0 Å².